The van der Waals surface area contributed by atoms with Crippen LogP contribution in [0.4, 0.5) is 5.69 Å². The monoisotopic (exact) mass is 288 g/mol. The van der Waals surface area contributed by atoms with Crippen molar-refractivity contribution >= 4 is 17.5 Å². The van der Waals surface area contributed by atoms with Crippen LogP contribution in [-0.2, 0) is 23.2 Å². The molecule has 0 spiro atoms. The first-order valence-electron chi connectivity index (χ1n) is 6.71. The van der Waals surface area contributed by atoms with Crippen LogP contribution in [-0.4, -0.2) is 33.0 Å². The Morgan fingerprint density at radius 1 is 1.57 bits per heavy atom. The van der Waals surface area contributed by atoms with Gasteiger partial charge in [0.15, 0.2) is 0 Å². The van der Waals surface area contributed by atoms with E-state index < -0.39 is 0 Å². The van der Waals surface area contributed by atoms with E-state index in [1.807, 2.05) is 6.07 Å². The molecule has 1 N–H and O–H groups in total. The van der Waals surface area contributed by atoms with Crippen molar-refractivity contribution in [1.82, 2.24) is 14.7 Å². The molecule has 3 heterocycles. The summed E-state index contributed by atoms with van der Waals surface area (Å²) in [6, 6.07) is 3.60. The third-order valence-electron chi connectivity index (χ3n) is 3.48. The SMILES string of the molecule is Cn1cc(NC(=O)[C@@H]2CC(=O)N(Cc3ccco3)C2)cn1. The molecule has 0 saturated carbocycles. The number of anilines is 1. The third-order valence-corrected chi connectivity index (χ3v) is 3.48. The van der Waals surface area contributed by atoms with Gasteiger partial charge in [0.2, 0.25) is 11.8 Å². The maximum atomic E-state index is 12.2. The van der Waals surface area contributed by atoms with E-state index in [2.05, 4.69) is 10.4 Å². The van der Waals surface area contributed by atoms with Gasteiger partial charge in [-0.2, -0.15) is 5.10 Å². The van der Waals surface area contributed by atoms with E-state index in [4.69, 9.17) is 4.42 Å². The Kier molecular flexibility index (Phi) is 3.47. The van der Waals surface area contributed by atoms with E-state index in [1.165, 1.54) is 0 Å². The first kappa shape index (κ1) is 13.4. The second-order valence-electron chi connectivity index (χ2n) is 5.15. The van der Waals surface area contributed by atoms with Gasteiger partial charge in [0.25, 0.3) is 0 Å². The topological polar surface area (TPSA) is 80.4 Å². The molecule has 21 heavy (non-hydrogen) atoms. The van der Waals surface area contributed by atoms with Gasteiger partial charge in [-0.05, 0) is 12.1 Å². The van der Waals surface area contributed by atoms with Gasteiger partial charge >= 0.3 is 0 Å². The van der Waals surface area contributed by atoms with Crippen LogP contribution >= 0.6 is 0 Å². The fourth-order valence-corrected chi connectivity index (χ4v) is 2.42. The predicted octanol–water partition coefficient (Wildman–Crippen LogP) is 1.00. The number of amides is 2. The van der Waals surface area contributed by atoms with Crippen molar-refractivity contribution in [3.63, 3.8) is 0 Å². The summed E-state index contributed by atoms with van der Waals surface area (Å²) in [5.74, 6) is 0.195. The number of rotatable bonds is 4. The second-order valence-corrected chi connectivity index (χ2v) is 5.15. The van der Waals surface area contributed by atoms with Crippen molar-refractivity contribution in [2.75, 3.05) is 11.9 Å². The van der Waals surface area contributed by atoms with Gasteiger partial charge in [-0.3, -0.25) is 14.3 Å². The van der Waals surface area contributed by atoms with Gasteiger partial charge in [0.1, 0.15) is 5.76 Å². The van der Waals surface area contributed by atoms with Crippen molar-refractivity contribution in [3.8, 4) is 0 Å². The molecule has 3 rings (SSSR count). The summed E-state index contributed by atoms with van der Waals surface area (Å²) in [5, 5.41) is 6.77. The molecular weight excluding hydrogens is 272 g/mol. The summed E-state index contributed by atoms with van der Waals surface area (Å²) in [6.07, 6.45) is 5.10. The summed E-state index contributed by atoms with van der Waals surface area (Å²) in [4.78, 5) is 25.8. The molecule has 0 bridgehead atoms. The highest BCUT2D eigenvalue weighted by molar-refractivity contribution is 5.97. The fraction of sp³-hybridized carbons (Fsp3) is 0.357. The Morgan fingerprint density at radius 2 is 2.43 bits per heavy atom. The normalized spacial score (nSPS) is 18.2. The number of hydrogen-bond donors (Lipinski definition) is 1. The van der Waals surface area contributed by atoms with Gasteiger partial charge < -0.3 is 14.6 Å². The first-order chi connectivity index (χ1) is 10.1. The van der Waals surface area contributed by atoms with Crippen LogP contribution < -0.4 is 5.32 Å². The summed E-state index contributed by atoms with van der Waals surface area (Å²) in [5.41, 5.74) is 0.638. The zero-order chi connectivity index (χ0) is 14.8. The van der Waals surface area contributed by atoms with Gasteiger partial charge in [0, 0.05) is 26.2 Å². The molecule has 1 fully saturated rings. The van der Waals surface area contributed by atoms with Crippen molar-refractivity contribution in [2.45, 2.75) is 13.0 Å². The number of nitrogens with one attached hydrogen (secondary N) is 1. The highest BCUT2D eigenvalue weighted by Crippen LogP contribution is 2.21. The number of aromatic nitrogens is 2. The minimum absolute atomic E-state index is 0.0299. The van der Waals surface area contributed by atoms with Gasteiger partial charge in [0.05, 0.1) is 30.6 Å². The minimum Gasteiger partial charge on any atom is -0.467 e. The number of aryl methyl sites for hydroxylation is 1. The Bertz CT molecular complexity index is 647. The highest BCUT2D eigenvalue weighted by atomic mass is 16.3. The van der Waals surface area contributed by atoms with E-state index in [0.717, 1.165) is 5.76 Å². The lowest BCUT2D eigenvalue weighted by Gasteiger charge is -2.14. The highest BCUT2D eigenvalue weighted by Gasteiger charge is 2.34. The Hall–Kier alpha value is -2.57. The van der Waals surface area contributed by atoms with Crippen molar-refractivity contribution in [3.05, 3.63) is 36.5 Å². The van der Waals surface area contributed by atoms with Crippen LogP contribution in [0.15, 0.2) is 35.2 Å². The average molecular weight is 288 g/mol. The molecule has 0 radical (unpaired) electrons. The van der Waals surface area contributed by atoms with Crippen molar-refractivity contribution in [2.24, 2.45) is 13.0 Å². The maximum absolute atomic E-state index is 12.2. The zero-order valence-corrected chi connectivity index (χ0v) is 11.7. The maximum Gasteiger partial charge on any atom is 0.229 e. The summed E-state index contributed by atoms with van der Waals surface area (Å²) >= 11 is 0. The first-order valence-corrected chi connectivity index (χ1v) is 6.71. The predicted molar refractivity (Wildman–Crippen MR) is 74.1 cm³/mol. The molecule has 0 unspecified atom stereocenters. The number of furan rings is 1. The van der Waals surface area contributed by atoms with E-state index in [0.29, 0.717) is 18.8 Å². The molecule has 1 aliphatic rings. The fourth-order valence-electron chi connectivity index (χ4n) is 2.42. The molecule has 2 aromatic rings. The minimum atomic E-state index is -0.340. The lowest BCUT2D eigenvalue weighted by Crippen LogP contribution is -2.27. The number of carbonyl (C=O) groups excluding carboxylic acids is 2. The molecule has 7 nitrogen and oxygen atoms in total. The molecule has 0 aliphatic carbocycles. The van der Waals surface area contributed by atoms with Crippen LogP contribution in [0.25, 0.3) is 0 Å². The number of nitrogens with zero attached hydrogens (tertiary/aromatic N) is 3. The lowest BCUT2D eigenvalue weighted by molar-refractivity contribution is -0.128. The average Bonchev–Trinajstić information content (AvgIpc) is 3.15. The molecular formula is C14H16N4O3. The number of likely N-dealkylation sites (tertiary alicyclic amines) is 1. The van der Waals surface area contributed by atoms with Crippen LogP contribution in [0.1, 0.15) is 12.2 Å². The Morgan fingerprint density at radius 3 is 3.10 bits per heavy atom. The van der Waals surface area contributed by atoms with Crippen LogP contribution in [0, 0.1) is 5.92 Å². The summed E-state index contributed by atoms with van der Waals surface area (Å²) in [7, 11) is 1.78. The lowest BCUT2D eigenvalue weighted by atomic mass is 10.1. The molecule has 7 heteroatoms. The zero-order valence-electron chi connectivity index (χ0n) is 11.7. The van der Waals surface area contributed by atoms with Crippen LogP contribution in [0.5, 0.6) is 0 Å². The third kappa shape index (κ3) is 2.96. The summed E-state index contributed by atoms with van der Waals surface area (Å²) in [6.45, 7) is 0.814. The number of hydrogen-bond acceptors (Lipinski definition) is 4. The van der Waals surface area contributed by atoms with Crippen molar-refractivity contribution < 1.29 is 14.0 Å². The molecule has 2 amide bonds. The Balaban J connectivity index is 1.59. The standard InChI is InChI=1S/C14H16N4O3/c1-17-8-11(6-15-17)16-14(20)10-5-13(19)18(7-10)9-12-3-2-4-21-12/h2-4,6,8,10H,5,7,9H2,1H3,(H,16,20)/t10-/m1/s1. The molecule has 1 aliphatic heterocycles. The second kappa shape index (κ2) is 5.43. The largest absolute Gasteiger partial charge is 0.467 e. The summed E-state index contributed by atoms with van der Waals surface area (Å²) < 4.78 is 6.84. The van der Waals surface area contributed by atoms with E-state index in [1.54, 1.807) is 41.4 Å². The van der Waals surface area contributed by atoms with E-state index >= 15 is 0 Å². The van der Waals surface area contributed by atoms with Gasteiger partial charge in [-0.1, -0.05) is 0 Å². The van der Waals surface area contributed by atoms with Crippen molar-refractivity contribution in [1.29, 1.82) is 0 Å². The van der Waals surface area contributed by atoms with Gasteiger partial charge in [-0.15, -0.1) is 0 Å². The van der Waals surface area contributed by atoms with E-state index in [9.17, 15) is 9.59 Å². The Labute approximate surface area is 121 Å². The molecule has 1 saturated heterocycles. The smallest absolute Gasteiger partial charge is 0.229 e. The molecule has 110 valence electrons. The molecule has 1 atom stereocenters. The van der Waals surface area contributed by atoms with E-state index in [-0.39, 0.29) is 24.2 Å². The van der Waals surface area contributed by atoms with Crippen LogP contribution in [0.3, 0.4) is 0 Å². The van der Waals surface area contributed by atoms with Crippen LogP contribution in [0.2, 0.25) is 0 Å². The molecule has 2 aromatic heterocycles. The van der Waals surface area contributed by atoms with Gasteiger partial charge in [-0.25, -0.2) is 0 Å². The molecule has 0 aromatic carbocycles. The number of carbonyl (C=O) groups is 2. The quantitative estimate of drug-likeness (QED) is 0.910.